The molecule has 0 unspecified atom stereocenters. The summed E-state index contributed by atoms with van der Waals surface area (Å²) in [4.78, 5) is 15.7. The maximum atomic E-state index is 11.4. The van der Waals surface area contributed by atoms with Crippen LogP contribution in [-0.4, -0.2) is 15.5 Å². The van der Waals surface area contributed by atoms with Crippen LogP contribution in [0.5, 0.6) is 0 Å². The topological polar surface area (TPSA) is 60.9 Å². The molecule has 1 aromatic carbocycles. The first-order valence-electron chi connectivity index (χ1n) is 6.07. The fraction of sp³-hybridized carbons (Fsp3) is 0.0667. The number of hydrogen-bond acceptors (Lipinski definition) is 2. The summed E-state index contributed by atoms with van der Waals surface area (Å²) >= 11 is 5.98. The SMILES string of the molecule is Cn1ccc2c(-c3ccc(Cl)c(C(N)=O)c3)ccnc21. The van der Waals surface area contributed by atoms with Gasteiger partial charge in [-0.15, -0.1) is 0 Å². The van der Waals surface area contributed by atoms with Gasteiger partial charge in [-0.3, -0.25) is 4.79 Å². The summed E-state index contributed by atoms with van der Waals surface area (Å²) in [7, 11) is 1.94. The molecule has 2 aromatic heterocycles. The number of rotatable bonds is 2. The largest absolute Gasteiger partial charge is 0.366 e. The zero-order valence-electron chi connectivity index (χ0n) is 10.8. The maximum absolute atomic E-state index is 11.4. The number of carbonyl (C=O) groups excluding carboxylic acids is 1. The first-order chi connectivity index (χ1) is 9.58. The molecule has 0 aliphatic rings. The first kappa shape index (κ1) is 12.7. The number of carbonyl (C=O) groups is 1. The van der Waals surface area contributed by atoms with E-state index in [1.165, 1.54) is 0 Å². The van der Waals surface area contributed by atoms with Crippen molar-refractivity contribution in [3.8, 4) is 11.1 Å². The average molecular weight is 286 g/mol. The van der Waals surface area contributed by atoms with Crippen molar-refractivity contribution < 1.29 is 4.79 Å². The number of benzene rings is 1. The summed E-state index contributed by atoms with van der Waals surface area (Å²) in [5, 5.41) is 1.38. The van der Waals surface area contributed by atoms with Gasteiger partial charge < -0.3 is 10.3 Å². The third-order valence-corrected chi connectivity index (χ3v) is 3.64. The Hall–Kier alpha value is -2.33. The molecule has 2 heterocycles. The van der Waals surface area contributed by atoms with Gasteiger partial charge in [0.25, 0.3) is 0 Å². The summed E-state index contributed by atoms with van der Waals surface area (Å²) in [6.45, 7) is 0. The predicted molar refractivity (Wildman–Crippen MR) is 79.7 cm³/mol. The van der Waals surface area contributed by atoms with E-state index in [9.17, 15) is 4.79 Å². The second kappa shape index (κ2) is 4.65. The lowest BCUT2D eigenvalue weighted by Gasteiger charge is -2.07. The van der Waals surface area contributed by atoms with Crippen molar-refractivity contribution in [3.63, 3.8) is 0 Å². The predicted octanol–water partition coefficient (Wildman–Crippen LogP) is 2.99. The van der Waals surface area contributed by atoms with Crippen molar-refractivity contribution in [2.45, 2.75) is 0 Å². The maximum Gasteiger partial charge on any atom is 0.250 e. The number of pyridine rings is 1. The van der Waals surface area contributed by atoms with Crippen molar-refractivity contribution >= 4 is 28.5 Å². The van der Waals surface area contributed by atoms with E-state index in [4.69, 9.17) is 17.3 Å². The number of halogens is 1. The monoisotopic (exact) mass is 285 g/mol. The van der Waals surface area contributed by atoms with Crippen LogP contribution in [-0.2, 0) is 7.05 Å². The Labute approximate surface area is 120 Å². The molecule has 2 N–H and O–H groups in total. The van der Waals surface area contributed by atoms with Crippen molar-refractivity contribution in [3.05, 3.63) is 53.3 Å². The first-order valence-corrected chi connectivity index (χ1v) is 6.45. The molecule has 3 rings (SSSR count). The average Bonchev–Trinajstić information content (AvgIpc) is 2.81. The number of nitrogens with zero attached hydrogens (tertiary/aromatic N) is 2. The van der Waals surface area contributed by atoms with Crippen LogP contribution in [0.25, 0.3) is 22.2 Å². The van der Waals surface area contributed by atoms with Crippen LogP contribution >= 0.6 is 11.6 Å². The highest BCUT2D eigenvalue weighted by Gasteiger charge is 2.11. The Kier molecular flexibility index (Phi) is 2.95. The highest BCUT2D eigenvalue weighted by Crippen LogP contribution is 2.30. The van der Waals surface area contributed by atoms with Gasteiger partial charge >= 0.3 is 0 Å². The number of nitrogens with two attached hydrogens (primary N) is 1. The van der Waals surface area contributed by atoms with Gasteiger partial charge in [-0.2, -0.15) is 0 Å². The Balaban J connectivity index is 2.26. The minimum Gasteiger partial charge on any atom is -0.366 e. The molecule has 0 aliphatic carbocycles. The van der Waals surface area contributed by atoms with Crippen LogP contribution in [0.1, 0.15) is 10.4 Å². The number of aromatic nitrogens is 2. The van der Waals surface area contributed by atoms with Crippen LogP contribution in [0.4, 0.5) is 0 Å². The molecule has 1 amide bonds. The number of fused-ring (bicyclic) bond motifs is 1. The van der Waals surface area contributed by atoms with Crippen LogP contribution in [0.15, 0.2) is 42.7 Å². The second-order valence-corrected chi connectivity index (χ2v) is 4.99. The van der Waals surface area contributed by atoms with Gasteiger partial charge in [0.15, 0.2) is 0 Å². The van der Waals surface area contributed by atoms with Gasteiger partial charge in [0.2, 0.25) is 5.91 Å². The highest BCUT2D eigenvalue weighted by molar-refractivity contribution is 6.34. The van der Waals surface area contributed by atoms with E-state index in [1.807, 2.05) is 36.0 Å². The van der Waals surface area contributed by atoms with E-state index in [2.05, 4.69) is 4.98 Å². The van der Waals surface area contributed by atoms with Crippen LogP contribution in [0.3, 0.4) is 0 Å². The molecule has 0 spiro atoms. The number of hydrogen-bond donors (Lipinski definition) is 1. The van der Waals surface area contributed by atoms with E-state index >= 15 is 0 Å². The smallest absolute Gasteiger partial charge is 0.250 e. The minimum atomic E-state index is -0.532. The summed E-state index contributed by atoms with van der Waals surface area (Å²) in [5.41, 5.74) is 8.44. The normalized spacial score (nSPS) is 10.9. The van der Waals surface area contributed by atoms with Crippen LogP contribution in [0, 0.1) is 0 Å². The van der Waals surface area contributed by atoms with Gasteiger partial charge in [-0.25, -0.2) is 4.98 Å². The number of amides is 1. The molecule has 5 heteroatoms. The molecule has 0 aliphatic heterocycles. The van der Waals surface area contributed by atoms with Gasteiger partial charge in [0.1, 0.15) is 5.65 Å². The van der Waals surface area contributed by atoms with Crippen molar-refractivity contribution in [1.82, 2.24) is 9.55 Å². The molecule has 20 heavy (non-hydrogen) atoms. The molecule has 0 saturated heterocycles. The number of primary amides is 1. The Morgan fingerprint density at radius 2 is 2.10 bits per heavy atom. The van der Waals surface area contributed by atoms with Crippen LogP contribution in [0.2, 0.25) is 5.02 Å². The lowest BCUT2D eigenvalue weighted by Crippen LogP contribution is -2.11. The summed E-state index contributed by atoms with van der Waals surface area (Å²) < 4.78 is 1.95. The third kappa shape index (κ3) is 1.94. The molecule has 0 saturated carbocycles. The Morgan fingerprint density at radius 3 is 2.85 bits per heavy atom. The van der Waals surface area contributed by atoms with E-state index < -0.39 is 5.91 Å². The van der Waals surface area contributed by atoms with Crippen molar-refractivity contribution in [2.24, 2.45) is 12.8 Å². The van der Waals surface area contributed by atoms with E-state index in [-0.39, 0.29) is 0 Å². The molecule has 0 bridgehead atoms. The number of aryl methyl sites for hydroxylation is 1. The molecular weight excluding hydrogens is 274 g/mol. The van der Waals surface area contributed by atoms with Gasteiger partial charge in [0.05, 0.1) is 10.6 Å². The fourth-order valence-corrected chi connectivity index (χ4v) is 2.51. The zero-order valence-corrected chi connectivity index (χ0v) is 11.6. The van der Waals surface area contributed by atoms with Crippen molar-refractivity contribution in [2.75, 3.05) is 0 Å². The molecule has 0 atom stereocenters. The third-order valence-electron chi connectivity index (χ3n) is 3.31. The molecule has 3 aromatic rings. The zero-order chi connectivity index (χ0) is 14.3. The Morgan fingerprint density at radius 1 is 1.30 bits per heavy atom. The summed E-state index contributed by atoms with van der Waals surface area (Å²) in [6.07, 6.45) is 3.70. The van der Waals surface area contributed by atoms with Crippen molar-refractivity contribution in [1.29, 1.82) is 0 Å². The standard InChI is InChI=1S/C15H12ClN3O/c1-19-7-5-11-10(4-6-18-15(11)19)9-2-3-13(16)12(8-9)14(17)20/h2-8H,1H3,(H2,17,20). The molecule has 0 fully saturated rings. The minimum absolute atomic E-state index is 0.324. The van der Waals surface area contributed by atoms with E-state index in [0.29, 0.717) is 10.6 Å². The van der Waals surface area contributed by atoms with Gasteiger partial charge in [-0.1, -0.05) is 17.7 Å². The van der Waals surface area contributed by atoms with E-state index in [1.54, 1.807) is 18.3 Å². The Bertz CT molecular complexity index is 823. The molecular formula is C15H12ClN3O. The van der Waals surface area contributed by atoms with Gasteiger partial charge in [-0.05, 0) is 35.4 Å². The fourth-order valence-electron chi connectivity index (χ4n) is 2.30. The van der Waals surface area contributed by atoms with E-state index in [0.717, 1.165) is 22.2 Å². The highest BCUT2D eigenvalue weighted by atomic mass is 35.5. The second-order valence-electron chi connectivity index (χ2n) is 4.58. The molecule has 100 valence electrons. The molecule has 0 radical (unpaired) electrons. The van der Waals surface area contributed by atoms with Gasteiger partial charge in [0, 0.05) is 24.8 Å². The lowest BCUT2D eigenvalue weighted by atomic mass is 10.0. The lowest BCUT2D eigenvalue weighted by molar-refractivity contribution is 0.100. The summed E-state index contributed by atoms with van der Waals surface area (Å²) in [5.74, 6) is -0.532. The summed E-state index contributed by atoms with van der Waals surface area (Å²) in [6, 6.07) is 9.18. The van der Waals surface area contributed by atoms with Crippen LogP contribution < -0.4 is 5.73 Å². The quantitative estimate of drug-likeness (QED) is 0.787. The molecule has 4 nitrogen and oxygen atoms in total.